The van der Waals surface area contributed by atoms with Gasteiger partial charge in [-0.2, -0.15) is 0 Å². The normalized spacial score (nSPS) is 25.8. The second kappa shape index (κ2) is 4.38. The van der Waals surface area contributed by atoms with Crippen molar-refractivity contribution in [3.8, 4) is 0 Å². The number of hydrogen-bond acceptors (Lipinski definition) is 5. The molecule has 2 fully saturated rings. The molecule has 2 heterocycles. The SMILES string of the molecule is COC(=O)c1ccc(CN2C(=O)C3C(C2=O)C3(C)C)nc1. The van der Waals surface area contributed by atoms with Crippen molar-refractivity contribution in [2.75, 3.05) is 7.11 Å². The fraction of sp³-hybridized carbons (Fsp3) is 0.467. The Kier molecular flexibility index (Phi) is 2.86. The van der Waals surface area contributed by atoms with Gasteiger partial charge in [-0.25, -0.2) is 4.79 Å². The van der Waals surface area contributed by atoms with Gasteiger partial charge >= 0.3 is 5.97 Å². The molecule has 2 unspecified atom stereocenters. The number of hydrogen-bond donors (Lipinski definition) is 0. The highest BCUT2D eigenvalue weighted by Crippen LogP contribution is 2.63. The van der Waals surface area contributed by atoms with Gasteiger partial charge in [0.2, 0.25) is 11.8 Å². The Hall–Kier alpha value is -2.24. The number of aromatic nitrogens is 1. The van der Waals surface area contributed by atoms with E-state index in [1.165, 1.54) is 18.2 Å². The highest BCUT2D eigenvalue weighted by molar-refractivity contribution is 6.10. The summed E-state index contributed by atoms with van der Waals surface area (Å²) in [6.45, 7) is 4.04. The molecule has 1 aromatic heterocycles. The maximum atomic E-state index is 12.2. The Bertz CT molecular complexity index is 612. The largest absolute Gasteiger partial charge is 0.465 e. The van der Waals surface area contributed by atoms with E-state index < -0.39 is 5.97 Å². The Balaban J connectivity index is 1.72. The average molecular weight is 288 g/mol. The average Bonchev–Trinajstić information content (AvgIpc) is 2.95. The van der Waals surface area contributed by atoms with Gasteiger partial charge in [-0.05, 0) is 17.5 Å². The van der Waals surface area contributed by atoms with Gasteiger partial charge < -0.3 is 4.74 Å². The standard InChI is InChI=1S/C15H16N2O4/c1-15(2)10-11(15)13(19)17(12(10)18)7-9-5-4-8(6-16-9)14(20)21-3/h4-6,10-11H,7H2,1-3H3. The van der Waals surface area contributed by atoms with Gasteiger partial charge in [0.05, 0.1) is 36.7 Å². The van der Waals surface area contributed by atoms with E-state index in [4.69, 9.17) is 0 Å². The highest BCUT2D eigenvalue weighted by Gasteiger charge is 2.72. The number of amides is 2. The number of nitrogens with zero attached hydrogens (tertiary/aromatic N) is 2. The molecule has 1 saturated carbocycles. The number of pyridine rings is 1. The van der Waals surface area contributed by atoms with Crippen molar-refractivity contribution in [2.45, 2.75) is 20.4 Å². The molecular weight excluding hydrogens is 272 g/mol. The first kappa shape index (κ1) is 13.7. The topological polar surface area (TPSA) is 76.6 Å². The molecule has 0 radical (unpaired) electrons. The van der Waals surface area contributed by atoms with Gasteiger partial charge in [-0.15, -0.1) is 0 Å². The quantitative estimate of drug-likeness (QED) is 0.613. The molecule has 6 heteroatoms. The molecule has 0 aromatic carbocycles. The van der Waals surface area contributed by atoms with Gasteiger partial charge in [-0.1, -0.05) is 13.8 Å². The molecular formula is C15H16N2O4. The molecule has 110 valence electrons. The maximum Gasteiger partial charge on any atom is 0.339 e. The molecule has 0 bridgehead atoms. The molecule has 1 saturated heterocycles. The molecule has 0 N–H and O–H groups in total. The lowest BCUT2D eigenvalue weighted by molar-refractivity contribution is -0.143. The summed E-state index contributed by atoms with van der Waals surface area (Å²) in [5.41, 5.74) is 0.708. The molecule has 0 spiro atoms. The first-order valence-corrected chi connectivity index (χ1v) is 6.76. The van der Waals surface area contributed by atoms with Crippen molar-refractivity contribution in [2.24, 2.45) is 17.3 Å². The molecule has 2 aliphatic rings. The number of methoxy groups -OCH3 is 1. The predicted octanol–water partition coefficient (Wildman–Crippen LogP) is 1.01. The minimum Gasteiger partial charge on any atom is -0.465 e. The molecule has 1 aliphatic heterocycles. The number of fused-ring (bicyclic) bond motifs is 1. The lowest BCUT2D eigenvalue weighted by Crippen LogP contribution is -2.35. The molecule has 6 nitrogen and oxygen atoms in total. The van der Waals surface area contributed by atoms with E-state index in [9.17, 15) is 14.4 Å². The van der Waals surface area contributed by atoms with Crippen molar-refractivity contribution in [3.63, 3.8) is 0 Å². The van der Waals surface area contributed by atoms with E-state index in [0.29, 0.717) is 11.3 Å². The van der Waals surface area contributed by atoms with Crippen LogP contribution in [0.25, 0.3) is 0 Å². The van der Waals surface area contributed by atoms with Crippen molar-refractivity contribution in [3.05, 3.63) is 29.6 Å². The third-order valence-electron chi connectivity index (χ3n) is 4.46. The zero-order valence-electron chi connectivity index (χ0n) is 12.1. The van der Waals surface area contributed by atoms with E-state index in [1.54, 1.807) is 12.1 Å². The second-order valence-corrected chi connectivity index (χ2v) is 6.07. The third kappa shape index (κ3) is 1.93. The number of carbonyl (C=O) groups is 3. The van der Waals surface area contributed by atoms with Crippen molar-refractivity contribution < 1.29 is 19.1 Å². The summed E-state index contributed by atoms with van der Waals surface area (Å²) in [4.78, 5) is 41.1. The van der Waals surface area contributed by atoms with Crippen LogP contribution < -0.4 is 0 Å². The summed E-state index contributed by atoms with van der Waals surface area (Å²) in [6, 6.07) is 3.20. The van der Waals surface area contributed by atoms with Crippen LogP contribution in [0.4, 0.5) is 0 Å². The fourth-order valence-corrected chi connectivity index (χ4v) is 3.08. The minimum absolute atomic E-state index is 0.117. The Morgan fingerprint density at radius 2 is 1.90 bits per heavy atom. The summed E-state index contributed by atoms with van der Waals surface area (Å²) >= 11 is 0. The molecule has 1 aromatic rings. The second-order valence-electron chi connectivity index (χ2n) is 6.07. The summed E-state index contributed by atoms with van der Waals surface area (Å²) in [6.07, 6.45) is 1.39. The lowest BCUT2D eigenvalue weighted by atomic mass is 10.1. The van der Waals surface area contributed by atoms with Crippen molar-refractivity contribution >= 4 is 17.8 Å². The summed E-state index contributed by atoms with van der Waals surface area (Å²) in [5, 5.41) is 0. The minimum atomic E-state index is -0.467. The zero-order chi connectivity index (χ0) is 15.4. The van der Waals surface area contributed by atoms with Gasteiger partial charge in [-0.3, -0.25) is 19.5 Å². The number of ether oxygens (including phenoxy) is 1. The molecule has 21 heavy (non-hydrogen) atoms. The van der Waals surface area contributed by atoms with Crippen LogP contribution in [0, 0.1) is 17.3 Å². The molecule has 3 rings (SSSR count). The fourth-order valence-electron chi connectivity index (χ4n) is 3.08. The van der Waals surface area contributed by atoms with Crippen LogP contribution in [-0.2, 0) is 20.9 Å². The van der Waals surface area contributed by atoms with Gasteiger partial charge in [0.1, 0.15) is 0 Å². The van der Waals surface area contributed by atoms with E-state index in [1.807, 2.05) is 13.8 Å². The zero-order valence-corrected chi connectivity index (χ0v) is 12.1. The number of esters is 1. The predicted molar refractivity (Wildman–Crippen MR) is 71.9 cm³/mol. The van der Waals surface area contributed by atoms with Gasteiger partial charge in [0.15, 0.2) is 0 Å². The van der Waals surface area contributed by atoms with Crippen LogP contribution in [0.15, 0.2) is 18.3 Å². The van der Waals surface area contributed by atoms with Crippen LogP contribution in [0.1, 0.15) is 29.9 Å². The Morgan fingerprint density at radius 1 is 1.29 bits per heavy atom. The smallest absolute Gasteiger partial charge is 0.339 e. The molecule has 1 aliphatic carbocycles. The third-order valence-corrected chi connectivity index (χ3v) is 4.46. The summed E-state index contributed by atoms with van der Waals surface area (Å²) in [7, 11) is 1.30. The van der Waals surface area contributed by atoms with Crippen molar-refractivity contribution in [1.82, 2.24) is 9.88 Å². The first-order chi connectivity index (χ1) is 9.87. The highest BCUT2D eigenvalue weighted by atomic mass is 16.5. The number of piperidine rings is 1. The number of carbonyl (C=O) groups excluding carboxylic acids is 3. The van der Waals surface area contributed by atoms with E-state index in [0.717, 1.165) is 0 Å². The molecule has 2 atom stereocenters. The molecule has 2 amide bonds. The summed E-state index contributed by atoms with van der Waals surface area (Å²) < 4.78 is 4.59. The number of likely N-dealkylation sites (tertiary alicyclic amines) is 1. The Labute approximate surface area is 122 Å². The first-order valence-electron chi connectivity index (χ1n) is 6.76. The van der Waals surface area contributed by atoms with Crippen molar-refractivity contribution in [1.29, 1.82) is 0 Å². The van der Waals surface area contributed by atoms with Crippen LogP contribution >= 0.6 is 0 Å². The van der Waals surface area contributed by atoms with E-state index >= 15 is 0 Å². The number of imide groups is 1. The van der Waals surface area contributed by atoms with E-state index in [-0.39, 0.29) is 35.6 Å². The summed E-state index contributed by atoms with van der Waals surface area (Å²) in [5.74, 6) is -1.06. The van der Waals surface area contributed by atoms with Crippen LogP contribution in [0.5, 0.6) is 0 Å². The Morgan fingerprint density at radius 3 is 2.38 bits per heavy atom. The van der Waals surface area contributed by atoms with E-state index in [2.05, 4.69) is 9.72 Å². The lowest BCUT2D eigenvalue weighted by Gasteiger charge is -2.20. The van der Waals surface area contributed by atoms with Crippen LogP contribution in [0.3, 0.4) is 0 Å². The van der Waals surface area contributed by atoms with Gasteiger partial charge in [0, 0.05) is 6.20 Å². The van der Waals surface area contributed by atoms with Gasteiger partial charge in [0.25, 0.3) is 0 Å². The number of rotatable bonds is 3. The van der Waals surface area contributed by atoms with Crippen LogP contribution in [0.2, 0.25) is 0 Å². The van der Waals surface area contributed by atoms with Crippen LogP contribution in [-0.4, -0.2) is 34.8 Å². The maximum absolute atomic E-state index is 12.2. The monoisotopic (exact) mass is 288 g/mol.